The van der Waals surface area contributed by atoms with Crippen molar-refractivity contribution in [3.05, 3.63) is 35.4 Å². The van der Waals surface area contributed by atoms with Gasteiger partial charge in [0.25, 0.3) is 0 Å². The number of nitrogens with zero attached hydrogens (tertiary/aromatic N) is 1. The number of piperidine rings is 1. The van der Waals surface area contributed by atoms with Crippen molar-refractivity contribution in [1.82, 2.24) is 4.90 Å². The van der Waals surface area contributed by atoms with Crippen LogP contribution in [0.1, 0.15) is 25.3 Å². The number of benzene rings is 1. The molecule has 0 saturated carbocycles. The summed E-state index contributed by atoms with van der Waals surface area (Å²) in [6, 6.07) is 3.46. The molecule has 1 aromatic carbocycles. The van der Waals surface area contributed by atoms with Gasteiger partial charge >= 0.3 is 5.97 Å². The number of ether oxygens (including phenoxy) is 1. The van der Waals surface area contributed by atoms with E-state index in [1.165, 1.54) is 6.07 Å². The van der Waals surface area contributed by atoms with E-state index in [0.717, 1.165) is 31.5 Å². The minimum atomic E-state index is -0.444. The van der Waals surface area contributed by atoms with Gasteiger partial charge in [0.15, 0.2) is 0 Å². The largest absolute Gasteiger partial charge is 0.466 e. The van der Waals surface area contributed by atoms with Crippen LogP contribution in [0.3, 0.4) is 0 Å². The second-order valence-corrected chi connectivity index (χ2v) is 5.06. The number of carbonyl (C=O) groups is 1. The smallest absolute Gasteiger partial charge is 0.310 e. The van der Waals surface area contributed by atoms with E-state index in [9.17, 15) is 13.6 Å². The Hall–Kier alpha value is -1.49. The van der Waals surface area contributed by atoms with E-state index in [4.69, 9.17) is 4.74 Å². The van der Waals surface area contributed by atoms with E-state index in [1.54, 1.807) is 6.92 Å². The second kappa shape index (κ2) is 6.79. The van der Waals surface area contributed by atoms with Gasteiger partial charge in [0.2, 0.25) is 0 Å². The lowest BCUT2D eigenvalue weighted by Gasteiger charge is -2.31. The van der Waals surface area contributed by atoms with Crippen molar-refractivity contribution < 1.29 is 18.3 Å². The molecule has 110 valence electrons. The van der Waals surface area contributed by atoms with Gasteiger partial charge in [-0.1, -0.05) is 0 Å². The average Bonchev–Trinajstić information content (AvgIpc) is 2.43. The molecule has 0 spiro atoms. The molecule has 0 unspecified atom stereocenters. The Labute approximate surface area is 117 Å². The standard InChI is InChI=1S/C15H19F2NO2/c1-2-20-15(19)11-4-3-7-18(9-11)10-12-8-13(16)5-6-14(12)17/h5-6,8,11H,2-4,7,9-10H2,1H3/t11-/m1/s1. The Kier molecular flexibility index (Phi) is 5.06. The molecule has 0 radical (unpaired) electrons. The number of halogens is 2. The molecule has 2 rings (SSSR count). The number of likely N-dealkylation sites (tertiary alicyclic amines) is 1. The zero-order chi connectivity index (χ0) is 14.5. The third kappa shape index (κ3) is 3.76. The molecule has 0 N–H and O–H groups in total. The van der Waals surface area contributed by atoms with E-state index in [1.807, 2.05) is 4.90 Å². The van der Waals surface area contributed by atoms with Crippen molar-refractivity contribution >= 4 is 5.97 Å². The maximum absolute atomic E-state index is 13.6. The van der Waals surface area contributed by atoms with Crippen LogP contribution in [0.4, 0.5) is 8.78 Å². The molecule has 1 aliphatic heterocycles. The zero-order valence-corrected chi connectivity index (χ0v) is 11.6. The number of hydrogen-bond donors (Lipinski definition) is 0. The van der Waals surface area contributed by atoms with Gasteiger partial charge in [-0.25, -0.2) is 8.78 Å². The lowest BCUT2D eigenvalue weighted by atomic mass is 9.97. The molecule has 0 bridgehead atoms. The van der Waals surface area contributed by atoms with Gasteiger partial charge in [-0.3, -0.25) is 9.69 Å². The summed E-state index contributed by atoms with van der Waals surface area (Å²) >= 11 is 0. The zero-order valence-electron chi connectivity index (χ0n) is 11.6. The summed E-state index contributed by atoms with van der Waals surface area (Å²) in [5, 5.41) is 0. The molecule has 5 heteroatoms. The second-order valence-electron chi connectivity index (χ2n) is 5.06. The van der Waals surface area contributed by atoms with Crippen LogP contribution in [0.15, 0.2) is 18.2 Å². The Morgan fingerprint density at radius 1 is 1.45 bits per heavy atom. The van der Waals surface area contributed by atoms with Crippen molar-refractivity contribution in [2.75, 3.05) is 19.7 Å². The third-order valence-corrected chi connectivity index (χ3v) is 3.53. The summed E-state index contributed by atoms with van der Waals surface area (Å²) in [4.78, 5) is 13.7. The van der Waals surface area contributed by atoms with Crippen LogP contribution in [0.5, 0.6) is 0 Å². The third-order valence-electron chi connectivity index (χ3n) is 3.53. The first-order valence-corrected chi connectivity index (χ1v) is 6.93. The Balaban J connectivity index is 1.99. The summed E-state index contributed by atoms with van der Waals surface area (Å²) in [7, 11) is 0. The summed E-state index contributed by atoms with van der Waals surface area (Å²) in [5.74, 6) is -1.22. The number of carbonyl (C=O) groups excluding carboxylic acids is 1. The highest BCUT2D eigenvalue weighted by Gasteiger charge is 2.27. The molecule has 1 atom stereocenters. The highest BCUT2D eigenvalue weighted by Crippen LogP contribution is 2.21. The fourth-order valence-electron chi connectivity index (χ4n) is 2.56. The number of hydrogen-bond acceptors (Lipinski definition) is 3. The van der Waals surface area contributed by atoms with Crippen molar-refractivity contribution in [3.63, 3.8) is 0 Å². The molecule has 1 aliphatic rings. The SMILES string of the molecule is CCOC(=O)[C@@H]1CCCN(Cc2cc(F)ccc2F)C1. The number of rotatable bonds is 4. The predicted octanol–water partition coefficient (Wildman–Crippen LogP) is 2.74. The van der Waals surface area contributed by atoms with E-state index < -0.39 is 11.6 Å². The van der Waals surface area contributed by atoms with Crippen LogP contribution in [0, 0.1) is 17.6 Å². The first-order chi connectivity index (χ1) is 9.60. The molecule has 0 aliphatic carbocycles. The average molecular weight is 283 g/mol. The molecule has 3 nitrogen and oxygen atoms in total. The monoisotopic (exact) mass is 283 g/mol. The van der Waals surface area contributed by atoms with Gasteiger partial charge in [-0.15, -0.1) is 0 Å². The summed E-state index contributed by atoms with van der Waals surface area (Å²) in [6.07, 6.45) is 1.65. The Morgan fingerprint density at radius 3 is 3.00 bits per heavy atom. The van der Waals surface area contributed by atoms with Gasteiger partial charge in [-0.2, -0.15) is 0 Å². The molecule has 1 heterocycles. The van der Waals surface area contributed by atoms with E-state index in [0.29, 0.717) is 25.3 Å². The van der Waals surface area contributed by atoms with Crippen molar-refractivity contribution in [3.8, 4) is 0 Å². The first-order valence-electron chi connectivity index (χ1n) is 6.93. The lowest BCUT2D eigenvalue weighted by molar-refractivity contribution is -0.150. The van der Waals surface area contributed by atoms with Gasteiger partial charge in [0.1, 0.15) is 11.6 Å². The maximum Gasteiger partial charge on any atom is 0.310 e. The van der Waals surface area contributed by atoms with Crippen LogP contribution < -0.4 is 0 Å². The summed E-state index contributed by atoms with van der Waals surface area (Å²) < 4.78 is 31.8. The summed E-state index contributed by atoms with van der Waals surface area (Å²) in [6.45, 7) is 3.79. The quantitative estimate of drug-likeness (QED) is 0.796. The molecule has 1 aromatic rings. The van der Waals surface area contributed by atoms with Crippen LogP contribution in [-0.4, -0.2) is 30.6 Å². The first kappa shape index (κ1) is 14.9. The molecular formula is C15H19F2NO2. The molecule has 1 saturated heterocycles. The minimum absolute atomic E-state index is 0.166. The fourth-order valence-corrected chi connectivity index (χ4v) is 2.56. The number of esters is 1. The Bertz CT molecular complexity index is 479. The van der Waals surface area contributed by atoms with E-state index >= 15 is 0 Å². The topological polar surface area (TPSA) is 29.5 Å². The van der Waals surface area contributed by atoms with Crippen molar-refractivity contribution in [2.24, 2.45) is 5.92 Å². The van der Waals surface area contributed by atoms with Gasteiger partial charge in [0, 0.05) is 18.7 Å². The normalized spacial score (nSPS) is 19.9. The fraction of sp³-hybridized carbons (Fsp3) is 0.533. The lowest BCUT2D eigenvalue weighted by Crippen LogP contribution is -2.39. The van der Waals surface area contributed by atoms with Crippen LogP contribution in [-0.2, 0) is 16.1 Å². The van der Waals surface area contributed by atoms with E-state index in [2.05, 4.69) is 0 Å². The molecule has 0 amide bonds. The molecule has 0 aromatic heterocycles. The Morgan fingerprint density at radius 2 is 2.25 bits per heavy atom. The van der Waals surface area contributed by atoms with Crippen molar-refractivity contribution in [2.45, 2.75) is 26.3 Å². The summed E-state index contributed by atoms with van der Waals surface area (Å²) in [5.41, 5.74) is 0.328. The van der Waals surface area contributed by atoms with Crippen LogP contribution in [0.25, 0.3) is 0 Å². The minimum Gasteiger partial charge on any atom is -0.466 e. The van der Waals surface area contributed by atoms with Crippen LogP contribution in [0.2, 0.25) is 0 Å². The van der Waals surface area contributed by atoms with Crippen LogP contribution >= 0.6 is 0 Å². The molecular weight excluding hydrogens is 264 g/mol. The highest BCUT2D eigenvalue weighted by molar-refractivity contribution is 5.72. The van der Waals surface area contributed by atoms with E-state index in [-0.39, 0.29) is 11.9 Å². The van der Waals surface area contributed by atoms with Gasteiger partial charge in [0.05, 0.1) is 12.5 Å². The predicted molar refractivity (Wildman–Crippen MR) is 71.0 cm³/mol. The molecule has 1 fully saturated rings. The van der Waals surface area contributed by atoms with Gasteiger partial charge < -0.3 is 4.74 Å². The van der Waals surface area contributed by atoms with Gasteiger partial charge in [-0.05, 0) is 44.5 Å². The van der Waals surface area contributed by atoms with Crippen molar-refractivity contribution in [1.29, 1.82) is 0 Å². The maximum atomic E-state index is 13.6. The highest BCUT2D eigenvalue weighted by atomic mass is 19.1. The molecule has 20 heavy (non-hydrogen) atoms.